The second-order valence-corrected chi connectivity index (χ2v) is 7.61. The Kier molecular flexibility index (Phi) is 4.50. The highest BCUT2D eigenvalue weighted by molar-refractivity contribution is 9.10. The Morgan fingerprint density at radius 2 is 1.86 bits per heavy atom. The number of hydrogen-bond acceptors (Lipinski definition) is 5. The summed E-state index contributed by atoms with van der Waals surface area (Å²) in [4.78, 5) is 31.0. The van der Waals surface area contributed by atoms with Crippen LogP contribution in [0.15, 0.2) is 57.5 Å². The third-order valence-corrected chi connectivity index (χ3v) is 5.53. The Bertz CT molecular complexity index is 1080. The molecule has 1 aliphatic rings. The fourth-order valence-corrected chi connectivity index (χ4v) is 3.96. The quantitative estimate of drug-likeness (QED) is 0.623. The van der Waals surface area contributed by atoms with Crippen LogP contribution in [0.5, 0.6) is 0 Å². The van der Waals surface area contributed by atoms with Crippen molar-refractivity contribution in [2.45, 2.75) is 25.9 Å². The van der Waals surface area contributed by atoms with Crippen molar-refractivity contribution >= 4 is 27.9 Å². The maximum atomic E-state index is 13.1. The normalized spacial score (nSPS) is 19.2. The van der Waals surface area contributed by atoms with Gasteiger partial charge in [0.05, 0.1) is 0 Å². The van der Waals surface area contributed by atoms with E-state index in [2.05, 4.69) is 31.4 Å². The zero-order valence-corrected chi connectivity index (χ0v) is 16.9. The number of hydrogen-bond donors (Lipinski definition) is 1. The smallest absolute Gasteiger partial charge is 0.325 e. The molecule has 1 atom stereocenters. The molecule has 2 heterocycles. The average molecular weight is 441 g/mol. The second kappa shape index (κ2) is 6.87. The molecule has 0 bridgehead atoms. The van der Waals surface area contributed by atoms with Gasteiger partial charge in [-0.15, -0.1) is 0 Å². The molecule has 1 fully saturated rings. The first-order valence-corrected chi connectivity index (χ1v) is 9.47. The Morgan fingerprint density at radius 3 is 2.61 bits per heavy atom. The zero-order valence-electron chi connectivity index (χ0n) is 15.3. The number of nitrogens with one attached hydrogen (secondary N) is 1. The van der Waals surface area contributed by atoms with E-state index in [1.165, 1.54) is 0 Å². The number of nitrogens with zero attached hydrogens (tertiary/aromatic N) is 3. The lowest BCUT2D eigenvalue weighted by Gasteiger charge is -2.23. The number of aromatic nitrogens is 2. The van der Waals surface area contributed by atoms with Gasteiger partial charge in [-0.1, -0.05) is 63.6 Å². The molecule has 1 unspecified atom stereocenters. The highest BCUT2D eigenvalue weighted by atomic mass is 79.9. The van der Waals surface area contributed by atoms with Crippen LogP contribution in [0, 0.1) is 6.92 Å². The maximum absolute atomic E-state index is 13.1. The summed E-state index contributed by atoms with van der Waals surface area (Å²) in [6.45, 7) is 3.54. The molecule has 2 aromatic carbocycles. The third-order valence-electron chi connectivity index (χ3n) is 4.83. The molecule has 4 rings (SSSR count). The number of rotatable bonds is 4. The van der Waals surface area contributed by atoms with Gasteiger partial charge in [0.25, 0.3) is 5.91 Å². The summed E-state index contributed by atoms with van der Waals surface area (Å²) in [5.41, 5.74) is 1.36. The van der Waals surface area contributed by atoms with Crippen molar-refractivity contribution in [1.82, 2.24) is 20.4 Å². The predicted molar refractivity (Wildman–Crippen MR) is 105 cm³/mol. The molecule has 7 nitrogen and oxygen atoms in total. The van der Waals surface area contributed by atoms with Crippen LogP contribution in [0.1, 0.15) is 23.9 Å². The number of amides is 3. The molecule has 1 aromatic heterocycles. The number of halogens is 1. The van der Waals surface area contributed by atoms with Gasteiger partial charge in [0, 0.05) is 15.6 Å². The Labute approximate surface area is 169 Å². The fourth-order valence-electron chi connectivity index (χ4n) is 3.28. The van der Waals surface area contributed by atoms with Crippen molar-refractivity contribution in [3.05, 3.63) is 70.0 Å². The first-order valence-electron chi connectivity index (χ1n) is 8.68. The maximum Gasteiger partial charge on any atom is 0.325 e. The van der Waals surface area contributed by atoms with Crippen LogP contribution in [0.2, 0.25) is 0 Å². The number of aryl methyl sites for hydroxylation is 1. The lowest BCUT2D eigenvalue weighted by molar-refractivity contribution is -0.131. The summed E-state index contributed by atoms with van der Waals surface area (Å²) in [6, 6.07) is 14.5. The molecule has 3 aromatic rings. The lowest BCUT2D eigenvalue weighted by Crippen LogP contribution is -2.41. The molecule has 0 radical (unpaired) electrons. The average Bonchev–Trinajstić information content (AvgIpc) is 3.22. The molecular formula is C20H17BrN4O3. The zero-order chi connectivity index (χ0) is 19.9. The van der Waals surface area contributed by atoms with Crippen LogP contribution in [0.4, 0.5) is 4.79 Å². The fraction of sp³-hybridized carbons (Fsp3) is 0.200. The molecule has 142 valence electrons. The summed E-state index contributed by atoms with van der Waals surface area (Å²) in [7, 11) is 0. The van der Waals surface area contributed by atoms with Crippen LogP contribution >= 0.6 is 15.9 Å². The van der Waals surface area contributed by atoms with E-state index in [4.69, 9.17) is 4.52 Å². The van der Waals surface area contributed by atoms with Crippen molar-refractivity contribution in [3.8, 4) is 11.4 Å². The van der Waals surface area contributed by atoms with Crippen LogP contribution in [0.3, 0.4) is 0 Å². The minimum atomic E-state index is -1.17. The van der Waals surface area contributed by atoms with Gasteiger partial charge in [-0.25, -0.2) is 4.79 Å². The van der Waals surface area contributed by atoms with E-state index in [0.717, 1.165) is 20.5 Å². The van der Waals surface area contributed by atoms with E-state index in [-0.39, 0.29) is 18.3 Å². The summed E-state index contributed by atoms with van der Waals surface area (Å²) < 4.78 is 6.03. The Balaban J connectivity index is 1.60. The van der Waals surface area contributed by atoms with E-state index in [1.54, 1.807) is 13.0 Å². The lowest BCUT2D eigenvalue weighted by atomic mass is 9.92. The summed E-state index contributed by atoms with van der Waals surface area (Å²) in [5.74, 6) is 0.242. The van der Waals surface area contributed by atoms with Crippen molar-refractivity contribution in [3.63, 3.8) is 0 Å². The minimum Gasteiger partial charge on any atom is -0.337 e. The largest absolute Gasteiger partial charge is 0.337 e. The first-order chi connectivity index (χ1) is 13.4. The monoisotopic (exact) mass is 440 g/mol. The summed E-state index contributed by atoms with van der Waals surface area (Å²) in [5, 5.41) is 6.76. The van der Waals surface area contributed by atoms with Crippen LogP contribution in [-0.4, -0.2) is 27.0 Å². The predicted octanol–water partition coefficient (Wildman–Crippen LogP) is 3.77. The van der Waals surface area contributed by atoms with E-state index < -0.39 is 11.6 Å². The number of urea groups is 1. The van der Waals surface area contributed by atoms with Crippen LogP contribution in [-0.2, 0) is 16.9 Å². The molecule has 0 saturated carbocycles. The van der Waals surface area contributed by atoms with Gasteiger partial charge in [-0.3, -0.25) is 9.69 Å². The van der Waals surface area contributed by atoms with Crippen molar-refractivity contribution in [2.24, 2.45) is 0 Å². The topological polar surface area (TPSA) is 88.3 Å². The standard InChI is InChI=1S/C20H17BrN4O3/c1-12-7-3-4-8-13(12)17-22-16(28-24-17)11-25-18(26)20(2,23-19(25)27)14-9-5-6-10-15(14)21/h3-10H,11H2,1-2H3,(H,23,27). The molecule has 8 heteroatoms. The number of benzene rings is 2. The molecule has 1 N–H and O–H groups in total. The highest BCUT2D eigenvalue weighted by Crippen LogP contribution is 2.34. The molecule has 1 aliphatic heterocycles. The first kappa shape index (κ1) is 18.4. The molecule has 0 spiro atoms. The van der Waals surface area contributed by atoms with Crippen molar-refractivity contribution < 1.29 is 14.1 Å². The number of carbonyl (C=O) groups is 2. The molecular weight excluding hydrogens is 424 g/mol. The van der Waals surface area contributed by atoms with Gasteiger partial charge in [0.15, 0.2) is 0 Å². The van der Waals surface area contributed by atoms with Gasteiger partial charge < -0.3 is 9.84 Å². The van der Waals surface area contributed by atoms with Crippen LogP contribution in [0.25, 0.3) is 11.4 Å². The van der Waals surface area contributed by atoms with Crippen molar-refractivity contribution in [2.75, 3.05) is 0 Å². The van der Waals surface area contributed by atoms with Crippen LogP contribution < -0.4 is 5.32 Å². The van der Waals surface area contributed by atoms with Gasteiger partial charge in [0.2, 0.25) is 11.7 Å². The van der Waals surface area contributed by atoms with E-state index in [1.807, 2.05) is 49.4 Å². The van der Waals surface area contributed by atoms with Gasteiger partial charge in [0.1, 0.15) is 12.1 Å². The Hall–Kier alpha value is -3.00. The molecule has 1 saturated heterocycles. The molecule has 3 amide bonds. The highest BCUT2D eigenvalue weighted by Gasteiger charge is 2.50. The summed E-state index contributed by atoms with van der Waals surface area (Å²) >= 11 is 3.45. The molecule has 28 heavy (non-hydrogen) atoms. The minimum absolute atomic E-state index is 0.0937. The number of imide groups is 1. The van der Waals surface area contributed by atoms with Gasteiger partial charge in [-0.05, 0) is 25.5 Å². The second-order valence-electron chi connectivity index (χ2n) is 6.75. The van der Waals surface area contributed by atoms with Gasteiger partial charge >= 0.3 is 6.03 Å². The van der Waals surface area contributed by atoms with E-state index >= 15 is 0 Å². The number of carbonyl (C=O) groups excluding carboxylic acids is 2. The summed E-state index contributed by atoms with van der Waals surface area (Å²) in [6.07, 6.45) is 0. The Morgan fingerprint density at radius 1 is 1.14 bits per heavy atom. The van der Waals surface area contributed by atoms with E-state index in [9.17, 15) is 9.59 Å². The van der Waals surface area contributed by atoms with E-state index in [0.29, 0.717) is 11.4 Å². The molecule has 0 aliphatic carbocycles. The third kappa shape index (κ3) is 2.99. The SMILES string of the molecule is Cc1ccccc1-c1noc(CN2C(=O)NC(C)(c3ccccc3Br)C2=O)n1. The van der Waals surface area contributed by atoms with Gasteiger partial charge in [-0.2, -0.15) is 4.98 Å². The van der Waals surface area contributed by atoms with Crippen molar-refractivity contribution in [1.29, 1.82) is 0 Å².